The third kappa shape index (κ3) is 3.36. The van der Waals surface area contributed by atoms with E-state index in [-0.39, 0.29) is 6.10 Å². The van der Waals surface area contributed by atoms with Gasteiger partial charge in [-0.1, -0.05) is 30.3 Å². The molecule has 0 aromatic heterocycles. The molecule has 2 atom stereocenters. The normalized spacial score (nSPS) is 25.8. The van der Waals surface area contributed by atoms with Crippen LogP contribution < -0.4 is 0 Å². The summed E-state index contributed by atoms with van der Waals surface area (Å²) < 4.78 is 10.6. The van der Waals surface area contributed by atoms with Crippen LogP contribution in [0.2, 0.25) is 0 Å². The fourth-order valence-electron chi connectivity index (χ4n) is 1.66. The Morgan fingerprint density at radius 1 is 1.31 bits per heavy atom. The molecule has 1 fully saturated rings. The van der Waals surface area contributed by atoms with E-state index >= 15 is 0 Å². The Labute approximate surface area is 95.3 Å². The van der Waals surface area contributed by atoms with Crippen LogP contribution in [0.3, 0.4) is 0 Å². The van der Waals surface area contributed by atoms with Gasteiger partial charge in [-0.15, -0.1) is 0 Å². The number of benzene rings is 1. The Morgan fingerprint density at radius 2 is 2.12 bits per heavy atom. The highest BCUT2D eigenvalue weighted by atomic mass is 16.6. The van der Waals surface area contributed by atoms with Crippen molar-refractivity contribution >= 4 is 6.08 Å². The van der Waals surface area contributed by atoms with Gasteiger partial charge in [0.25, 0.3) is 0 Å². The van der Waals surface area contributed by atoms with Gasteiger partial charge in [0.15, 0.2) is 6.29 Å². The lowest BCUT2D eigenvalue weighted by Crippen LogP contribution is -2.29. The van der Waals surface area contributed by atoms with Gasteiger partial charge in [-0.25, -0.2) is 0 Å². The molecule has 1 aromatic carbocycles. The fourth-order valence-corrected chi connectivity index (χ4v) is 1.66. The summed E-state index contributed by atoms with van der Waals surface area (Å²) in [4.78, 5) is 0. The monoisotopic (exact) mass is 220 g/mol. The largest absolute Gasteiger partial charge is 0.498 e. The van der Waals surface area contributed by atoms with Gasteiger partial charge in [0.1, 0.15) is 6.10 Å². The minimum absolute atomic E-state index is 0.0590. The lowest BCUT2D eigenvalue weighted by Gasteiger charge is -2.25. The maximum absolute atomic E-state index is 9.27. The second kappa shape index (κ2) is 5.68. The molecular weight excluding hydrogens is 204 g/mol. The minimum Gasteiger partial charge on any atom is -0.498 e. The van der Waals surface area contributed by atoms with Crippen molar-refractivity contribution < 1.29 is 14.6 Å². The lowest BCUT2D eigenvalue weighted by atomic mass is 10.1. The van der Waals surface area contributed by atoms with E-state index in [1.807, 2.05) is 36.4 Å². The first-order valence-electron chi connectivity index (χ1n) is 5.51. The van der Waals surface area contributed by atoms with E-state index in [2.05, 4.69) is 0 Å². The zero-order valence-electron chi connectivity index (χ0n) is 9.08. The number of ether oxygens (including phenoxy) is 2. The van der Waals surface area contributed by atoms with Gasteiger partial charge in [0.05, 0.1) is 12.9 Å². The van der Waals surface area contributed by atoms with Gasteiger partial charge < -0.3 is 14.6 Å². The molecule has 1 aliphatic rings. The smallest absolute Gasteiger partial charge is 0.158 e. The SMILES string of the molecule is OC1CC(OC=Cc2ccccc2)CCO1. The predicted molar refractivity (Wildman–Crippen MR) is 61.5 cm³/mol. The molecule has 0 spiro atoms. The Hall–Kier alpha value is -1.32. The van der Waals surface area contributed by atoms with E-state index < -0.39 is 6.29 Å². The van der Waals surface area contributed by atoms with E-state index in [0.717, 1.165) is 12.0 Å². The van der Waals surface area contributed by atoms with Gasteiger partial charge in [-0.2, -0.15) is 0 Å². The number of rotatable bonds is 3. The average molecular weight is 220 g/mol. The first kappa shape index (κ1) is 11.2. The molecule has 1 aromatic rings. The Bertz CT molecular complexity index is 334. The van der Waals surface area contributed by atoms with Crippen LogP contribution in [0.5, 0.6) is 0 Å². The van der Waals surface area contributed by atoms with Gasteiger partial charge in [0.2, 0.25) is 0 Å². The molecule has 1 N–H and O–H groups in total. The van der Waals surface area contributed by atoms with Crippen molar-refractivity contribution in [3.63, 3.8) is 0 Å². The van der Waals surface area contributed by atoms with Crippen molar-refractivity contribution in [2.45, 2.75) is 25.2 Å². The van der Waals surface area contributed by atoms with Crippen LogP contribution in [-0.2, 0) is 9.47 Å². The van der Waals surface area contributed by atoms with Crippen molar-refractivity contribution in [1.82, 2.24) is 0 Å². The fraction of sp³-hybridized carbons (Fsp3) is 0.385. The quantitative estimate of drug-likeness (QED) is 0.793. The van der Waals surface area contributed by atoms with Crippen LogP contribution in [0.25, 0.3) is 6.08 Å². The van der Waals surface area contributed by atoms with Crippen molar-refractivity contribution in [3.05, 3.63) is 42.2 Å². The molecule has 16 heavy (non-hydrogen) atoms. The molecular formula is C13H16O3. The summed E-state index contributed by atoms with van der Waals surface area (Å²) >= 11 is 0. The number of aliphatic hydroxyl groups excluding tert-OH is 1. The first-order valence-corrected chi connectivity index (χ1v) is 5.51. The average Bonchev–Trinajstić information content (AvgIpc) is 2.30. The van der Waals surface area contributed by atoms with Crippen LogP contribution in [0.1, 0.15) is 18.4 Å². The minimum atomic E-state index is -0.677. The molecule has 86 valence electrons. The van der Waals surface area contributed by atoms with Crippen LogP contribution in [0.4, 0.5) is 0 Å². The van der Waals surface area contributed by atoms with E-state index in [0.29, 0.717) is 13.0 Å². The van der Waals surface area contributed by atoms with E-state index in [1.165, 1.54) is 0 Å². The first-order chi connectivity index (χ1) is 7.84. The highest BCUT2D eigenvalue weighted by molar-refractivity contribution is 5.47. The maximum Gasteiger partial charge on any atom is 0.158 e. The zero-order valence-corrected chi connectivity index (χ0v) is 9.08. The third-order valence-electron chi connectivity index (χ3n) is 2.55. The summed E-state index contributed by atoms with van der Waals surface area (Å²) in [7, 11) is 0. The summed E-state index contributed by atoms with van der Waals surface area (Å²) in [6.07, 6.45) is 4.36. The molecule has 0 amide bonds. The van der Waals surface area contributed by atoms with Crippen LogP contribution >= 0.6 is 0 Å². The standard InChI is InChI=1S/C13H16O3/c14-13-10-12(7-9-16-13)15-8-6-11-4-2-1-3-5-11/h1-6,8,12-14H,7,9-10H2. The second-order valence-electron chi connectivity index (χ2n) is 3.82. The van der Waals surface area contributed by atoms with Gasteiger partial charge in [-0.05, 0) is 11.6 Å². The van der Waals surface area contributed by atoms with Gasteiger partial charge >= 0.3 is 0 Å². The van der Waals surface area contributed by atoms with E-state index in [9.17, 15) is 5.11 Å². The van der Waals surface area contributed by atoms with Crippen LogP contribution in [-0.4, -0.2) is 24.1 Å². The molecule has 0 aliphatic carbocycles. The van der Waals surface area contributed by atoms with E-state index in [1.54, 1.807) is 6.26 Å². The molecule has 1 saturated heterocycles. The summed E-state index contributed by atoms with van der Waals surface area (Å²) in [6, 6.07) is 9.97. The zero-order chi connectivity index (χ0) is 11.2. The molecule has 3 nitrogen and oxygen atoms in total. The summed E-state index contributed by atoms with van der Waals surface area (Å²) in [5.41, 5.74) is 1.11. The Balaban J connectivity index is 1.80. The van der Waals surface area contributed by atoms with Crippen LogP contribution in [0.15, 0.2) is 36.6 Å². The molecule has 2 rings (SSSR count). The summed E-state index contributed by atoms with van der Waals surface area (Å²) in [5.74, 6) is 0. The Kier molecular flexibility index (Phi) is 3.97. The molecule has 0 radical (unpaired) electrons. The van der Waals surface area contributed by atoms with Gasteiger partial charge in [0, 0.05) is 12.8 Å². The molecule has 3 heteroatoms. The van der Waals surface area contributed by atoms with Crippen molar-refractivity contribution in [2.24, 2.45) is 0 Å². The molecule has 2 unspecified atom stereocenters. The number of hydrogen-bond donors (Lipinski definition) is 1. The predicted octanol–water partition coefficient (Wildman–Crippen LogP) is 2.17. The highest BCUT2D eigenvalue weighted by Crippen LogP contribution is 2.15. The lowest BCUT2D eigenvalue weighted by molar-refractivity contribution is -0.153. The van der Waals surface area contributed by atoms with Gasteiger partial charge in [-0.3, -0.25) is 0 Å². The summed E-state index contributed by atoms with van der Waals surface area (Å²) in [6.45, 7) is 0.561. The maximum atomic E-state index is 9.27. The van der Waals surface area contributed by atoms with Crippen molar-refractivity contribution in [3.8, 4) is 0 Å². The van der Waals surface area contributed by atoms with E-state index in [4.69, 9.17) is 9.47 Å². The molecule has 1 heterocycles. The van der Waals surface area contributed by atoms with Crippen molar-refractivity contribution in [2.75, 3.05) is 6.61 Å². The van der Waals surface area contributed by atoms with Crippen LogP contribution in [0, 0.1) is 0 Å². The molecule has 0 bridgehead atoms. The Morgan fingerprint density at radius 3 is 2.88 bits per heavy atom. The molecule has 1 aliphatic heterocycles. The highest BCUT2D eigenvalue weighted by Gasteiger charge is 2.20. The molecule has 0 saturated carbocycles. The number of aliphatic hydroxyl groups is 1. The topological polar surface area (TPSA) is 38.7 Å². The number of hydrogen-bond acceptors (Lipinski definition) is 3. The van der Waals surface area contributed by atoms with Crippen molar-refractivity contribution in [1.29, 1.82) is 0 Å². The third-order valence-corrected chi connectivity index (χ3v) is 2.55. The second-order valence-corrected chi connectivity index (χ2v) is 3.82. The summed E-state index contributed by atoms with van der Waals surface area (Å²) in [5, 5.41) is 9.27.